The Hall–Kier alpha value is -2.05. The number of urea groups is 1. The van der Waals surface area contributed by atoms with Crippen LogP contribution in [0, 0.1) is 12.3 Å². The van der Waals surface area contributed by atoms with Crippen LogP contribution in [0.1, 0.15) is 19.3 Å². The van der Waals surface area contributed by atoms with Crippen LogP contribution in [-0.2, 0) is 41.6 Å². The maximum atomic E-state index is 12.6. The first-order chi connectivity index (χ1) is 19.6. The Kier molecular flexibility index (Phi) is 11.6. The summed E-state index contributed by atoms with van der Waals surface area (Å²) < 4.78 is 49.0. The number of terminal acetylenes is 1. The summed E-state index contributed by atoms with van der Waals surface area (Å²) in [6, 6.07) is -2.67. The van der Waals surface area contributed by atoms with Crippen LogP contribution in [0.3, 0.4) is 0 Å². The molecule has 3 aliphatic heterocycles. The van der Waals surface area contributed by atoms with Gasteiger partial charge in [-0.05, 0) is 0 Å². The fourth-order valence-electron chi connectivity index (χ4n) is 4.19. The number of rotatable bonds is 12. The molecule has 20 nitrogen and oxygen atoms in total. The number of phosphoric ester groups is 2. The van der Waals surface area contributed by atoms with Crippen molar-refractivity contribution < 1.29 is 81.7 Å². The summed E-state index contributed by atoms with van der Waals surface area (Å²) in [4.78, 5) is 56.5. The first-order valence-electron chi connectivity index (χ1n) is 12.3. The van der Waals surface area contributed by atoms with Gasteiger partial charge in [-0.3, -0.25) is 28.9 Å². The number of aliphatic hydroxyl groups is 5. The first kappa shape index (κ1) is 34.4. The number of ether oxygens (including phenoxy) is 2. The van der Waals surface area contributed by atoms with E-state index in [1.54, 1.807) is 0 Å². The van der Waals surface area contributed by atoms with Crippen molar-refractivity contribution in [2.45, 2.75) is 74.4 Å². The van der Waals surface area contributed by atoms with Crippen molar-refractivity contribution in [1.82, 2.24) is 15.5 Å². The van der Waals surface area contributed by atoms with Crippen LogP contribution in [0.25, 0.3) is 0 Å². The quantitative estimate of drug-likeness (QED) is 0.0719. The van der Waals surface area contributed by atoms with Gasteiger partial charge in [-0.25, -0.2) is 13.9 Å². The maximum Gasteiger partial charge on any atom is 0.483 e. The van der Waals surface area contributed by atoms with Crippen LogP contribution < -0.4 is 10.6 Å². The normalized spacial score (nSPS) is 36.4. The smallest absolute Gasteiger partial charge is 0.394 e. The van der Waals surface area contributed by atoms with E-state index in [0.29, 0.717) is 0 Å². The molecule has 0 aliphatic carbocycles. The lowest BCUT2D eigenvalue weighted by Gasteiger charge is -2.42. The van der Waals surface area contributed by atoms with Crippen LogP contribution in [0.2, 0.25) is 0 Å². The standard InChI is InChI=1S/C20H31N3O17P2/c1-2-3-4-11(25)21-13-16(29)14(27)9(7-24)38-19(13)39-42(34,35)40-41(32,33)36-8-10-15(28)17(30)18(37-10)23-6-5-12(26)22-20(23)31/h1,9-10,13-19,24,27-30H,3-8H2,(H,21,25)(H,32,33)(H,34,35)(H,22,26,31)/t9-,10-,13-,14+,15+,16-,17?,18-,19-/m1/s1. The van der Waals surface area contributed by atoms with Crippen molar-refractivity contribution in [2.75, 3.05) is 19.8 Å². The molecule has 22 heteroatoms. The molecular weight excluding hydrogens is 616 g/mol. The molecule has 3 rings (SSSR count). The largest absolute Gasteiger partial charge is 0.483 e. The highest BCUT2D eigenvalue weighted by molar-refractivity contribution is 7.61. The van der Waals surface area contributed by atoms with E-state index in [-0.39, 0.29) is 25.8 Å². The highest BCUT2D eigenvalue weighted by Gasteiger charge is 2.51. The van der Waals surface area contributed by atoms with Crippen molar-refractivity contribution in [3.05, 3.63) is 0 Å². The predicted octanol–water partition coefficient (Wildman–Crippen LogP) is -4.04. The van der Waals surface area contributed by atoms with Gasteiger partial charge < -0.3 is 50.1 Å². The number of carbonyl (C=O) groups excluding carboxylic acids is 3. The Morgan fingerprint density at radius 2 is 1.74 bits per heavy atom. The van der Waals surface area contributed by atoms with Crippen LogP contribution in [-0.4, -0.2) is 133 Å². The Labute approximate surface area is 237 Å². The van der Waals surface area contributed by atoms with Gasteiger partial charge >= 0.3 is 21.7 Å². The highest BCUT2D eigenvalue weighted by atomic mass is 31.3. The molecule has 0 radical (unpaired) electrons. The molecule has 0 spiro atoms. The molecule has 0 bridgehead atoms. The zero-order valence-corrected chi connectivity index (χ0v) is 23.4. The van der Waals surface area contributed by atoms with Gasteiger partial charge in [-0.15, -0.1) is 12.3 Å². The molecule has 0 aromatic carbocycles. The summed E-state index contributed by atoms with van der Waals surface area (Å²) in [5, 5.41) is 54.6. The molecule has 4 amide bonds. The molecule has 42 heavy (non-hydrogen) atoms. The van der Waals surface area contributed by atoms with Gasteiger partial charge in [0.05, 0.1) is 13.2 Å². The fraction of sp³-hybridized carbons (Fsp3) is 0.750. The van der Waals surface area contributed by atoms with E-state index in [0.717, 1.165) is 4.90 Å². The fourth-order valence-corrected chi connectivity index (χ4v) is 6.35. The van der Waals surface area contributed by atoms with Crippen molar-refractivity contribution in [3.8, 4) is 12.3 Å². The lowest BCUT2D eigenvalue weighted by Crippen LogP contribution is -2.64. The second kappa shape index (κ2) is 14.2. The van der Waals surface area contributed by atoms with E-state index in [2.05, 4.69) is 20.1 Å². The third-order valence-corrected chi connectivity index (χ3v) is 8.88. The minimum absolute atomic E-state index is 0.0302. The van der Waals surface area contributed by atoms with Crippen molar-refractivity contribution in [3.63, 3.8) is 0 Å². The van der Waals surface area contributed by atoms with Gasteiger partial charge in [0.25, 0.3) is 0 Å². The molecule has 238 valence electrons. The average molecular weight is 647 g/mol. The van der Waals surface area contributed by atoms with Crippen molar-refractivity contribution >= 4 is 33.5 Å². The zero-order valence-electron chi connectivity index (χ0n) is 21.6. The van der Waals surface area contributed by atoms with Gasteiger partial charge in [0.2, 0.25) is 11.8 Å². The lowest BCUT2D eigenvalue weighted by molar-refractivity contribution is -0.248. The number of hydrogen-bond donors (Lipinski definition) is 9. The van der Waals surface area contributed by atoms with Crippen LogP contribution in [0.4, 0.5) is 4.79 Å². The molecule has 3 unspecified atom stereocenters. The second-order valence-corrected chi connectivity index (χ2v) is 12.3. The van der Waals surface area contributed by atoms with Crippen molar-refractivity contribution in [1.29, 1.82) is 0 Å². The monoisotopic (exact) mass is 647 g/mol. The van der Waals surface area contributed by atoms with E-state index < -0.39 is 102 Å². The lowest BCUT2D eigenvalue weighted by atomic mass is 9.97. The predicted molar refractivity (Wildman–Crippen MR) is 131 cm³/mol. The molecule has 3 fully saturated rings. The zero-order chi connectivity index (χ0) is 31.4. The minimum atomic E-state index is -5.67. The molecule has 9 N–H and O–H groups in total. The summed E-state index contributed by atoms with van der Waals surface area (Å²) in [6.07, 6.45) is -9.32. The van der Waals surface area contributed by atoms with E-state index in [1.807, 2.05) is 5.32 Å². The van der Waals surface area contributed by atoms with Crippen LogP contribution in [0.5, 0.6) is 0 Å². The maximum absolute atomic E-state index is 12.6. The molecule has 11 atom stereocenters. The van der Waals surface area contributed by atoms with Gasteiger partial charge in [-0.1, -0.05) is 0 Å². The summed E-state index contributed by atoms with van der Waals surface area (Å²) in [6.45, 7) is -2.11. The van der Waals surface area contributed by atoms with E-state index in [9.17, 15) is 58.8 Å². The van der Waals surface area contributed by atoms with E-state index >= 15 is 0 Å². The SMILES string of the molecule is C#CCCC(=O)N[C@H]1[C@@H](OP(=O)(O)OP(=O)(O)OC[C@H]2O[C@@H](N3CCC(=O)NC3=O)C(O)[C@H]2O)O[C@H](CO)[C@H](O)[C@@H]1O. The number of imide groups is 1. The topological polar surface area (TPSA) is 300 Å². The number of amides is 4. The number of hydrogen-bond acceptors (Lipinski definition) is 15. The molecule has 0 saturated carbocycles. The Morgan fingerprint density at radius 3 is 2.36 bits per heavy atom. The van der Waals surface area contributed by atoms with Gasteiger partial charge in [0.15, 0.2) is 12.5 Å². The van der Waals surface area contributed by atoms with Gasteiger partial charge in [-0.2, -0.15) is 4.31 Å². The van der Waals surface area contributed by atoms with Gasteiger partial charge in [0, 0.05) is 25.8 Å². The Morgan fingerprint density at radius 1 is 1.07 bits per heavy atom. The minimum Gasteiger partial charge on any atom is -0.394 e. The molecule has 0 aromatic heterocycles. The van der Waals surface area contributed by atoms with Crippen LogP contribution in [0.15, 0.2) is 0 Å². The molecule has 0 aromatic rings. The summed E-state index contributed by atoms with van der Waals surface area (Å²) in [7, 11) is -11.2. The Balaban J connectivity index is 1.63. The van der Waals surface area contributed by atoms with Crippen LogP contribution >= 0.6 is 15.6 Å². The number of nitrogens with zero attached hydrogens (tertiary/aromatic N) is 1. The van der Waals surface area contributed by atoms with Gasteiger partial charge in [0.1, 0.15) is 42.7 Å². The van der Waals surface area contributed by atoms with E-state index in [1.165, 1.54) is 0 Å². The first-order valence-corrected chi connectivity index (χ1v) is 15.3. The third-order valence-electron chi connectivity index (χ3n) is 6.28. The molecule has 3 heterocycles. The molecule has 3 aliphatic rings. The van der Waals surface area contributed by atoms with E-state index in [4.69, 9.17) is 20.4 Å². The summed E-state index contributed by atoms with van der Waals surface area (Å²) in [5.74, 6) is 0.820. The number of aliphatic hydroxyl groups excluding tert-OH is 5. The summed E-state index contributed by atoms with van der Waals surface area (Å²) >= 11 is 0. The molecule has 3 saturated heterocycles. The number of carbonyl (C=O) groups is 3. The average Bonchev–Trinajstić information content (AvgIpc) is 3.18. The van der Waals surface area contributed by atoms with Crippen molar-refractivity contribution in [2.24, 2.45) is 0 Å². The number of phosphoric acid groups is 2. The Bertz CT molecular complexity index is 1150. The molecular formula is C20H31N3O17P2. The second-order valence-electron chi connectivity index (χ2n) is 9.27. The third kappa shape index (κ3) is 8.53. The number of nitrogens with one attached hydrogen (secondary N) is 2. The highest BCUT2D eigenvalue weighted by Crippen LogP contribution is 2.61. The summed E-state index contributed by atoms with van der Waals surface area (Å²) in [5.41, 5.74) is 0.